The summed E-state index contributed by atoms with van der Waals surface area (Å²) in [5, 5.41) is 0. The Morgan fingerprint density at radius 3 is 2.52 bits per heavy atom. The number of aromatic nitrogens is 2. The molecule has 2 rings (SSSR count). The molecule has 0 unspecified atom stereocenters. The van der Waals surface area contributed by atoms with Gasteiger partial charge in [0.15, 0.2) is 5.82 Å². The van der Waals surface area contributed by atoms with Gasteiger partial charge in [-0.15, -0.1) is 0 Å². The molecular weight excluding hydrogens is 460 g/mol. The summed E-state index contributed by atoms with van der Waals surface area (Å²) in [6, 6.07) is 7.38. The zero-order chi connectivity index (χ0) is 21.3. The van der Waals surface area contributed by atoms with Crippen molar-refractivity contribution in [3.63, 3.8) is 0 Å². The first-order valence-electron chi connectivity index (χ1n) is 9.41. The van der Waals surface area contributed by atoms with E-state index in [1.165, 1.54) is 6.33 Å². The Morgan fingerprint density at radius 1 is 1.14 bits per heavy atom. The van der Waals surface area contributed by atoms with Gasteiger partial charge in [0.25, 0.3) is 10.2 Å². The Hall–Kier alpha value is -1.75. The van der Waals surface area contributed by atoms with Crippen molar-refractivity contribution in [3.05, 3.63) is 35.1 Å². The molecule has 0 fully saturated rings. The van der Waals surface area contributed by atoms with Gasteiger partial charge >= 0.3 is 0 Å². The fourth-order valence-electron chi connectivity index (χ4n) is 2.35. The van der Waals surface area contributed by atoms with E-state index in [-0.39, 0.29) is 18.3 Å². The largest absolute Gasteiger partial charge is 0.475 e. The number of halogens is 1. The van der Waals surface area contributed by atoms with Crippen LogP contribution in [-0.4, -0.2) is 44.8 Å². The van der Waals surface area contributed by atoms with E-state index in [2.05, 4.69) is 49.2 Å². The SMILES string of the molecule is CCCNS(=O)(=O)Nc1ncnc(OCCOCC(C)C)c1-c1ccc(Br)cc1. The number of hydrogen-bond acceptors (Lipinski definition) is 6. The van der Waals surface area contributed by atoms with Crippen molar-refractivity contribution in [2.45, 2.75) is 27.2 Å². The Morgan fingerprint density at radius 2 is 1.86 bits per heavy atom. The fourth-order valence-corrected chi connectivity index (χ4v) is 3.57. The minimum atomic E-state index is -3.77. The Bertz CT molecular complexity index is 876. The van der Waals surface area contributed by atoms with E-state index >= 15 is 0 Å². The van der Waals surface area contributed by atoms with Crippen LogP contribution in [0.2, 0.25) is 0 Å². The quantitative estimate of drug-likeness (QED) is 0.444. The number of rotatable bonds is 12. The number of ether oxygens (including phenoxy) is 2. The van der Waals surface area contributed by atoms with Gasteiger partial charge in [0.1, 0.15) is 12.9 Å². The van der Waals surface area contributed by atoms with Crippen molar-refractivity contribution in [2.75, 3.05) is 31.1 Å². The van der Waals surface area contributed by atoms with E-state index in [9.17, 15) is 8.42 Å². The summed E-state index contributed by atoms with van der Waals surface area (Å²) < 4.78 is 41.8. The third kappa shape index (κ3) is 7.88. The summed E-state index contributed by atoms with van der Waals surface area (Å²) >= 11 is 3.40. The van der Waals surface area contributed by atoms with E-state index in [1.54, 1.807) is 0 Å². The first-order valence-corrected chi connectivity index (χ1v) is 11.7. The van der Waals surface area contributed by atoms with Gasteiger partial charge in [-0.05, 0) is 30.0 Å². The maximum atomic E-state index is 12.3. The van der Waals surface area contributed by atoms with Crippen LogP contribution < -0.4 is 14.2 Å². The number of nitrogens with one attached hydrogen (secondary N) is 2. The Balaban J connectivity index is 2.29. The van der Waals surface area contributed by atoms with Gasteiger partial charge in [-0.25, -0.2) is 9.97 Å². The van der Waals surface area contributed by atoms with Crippen molar-refractivity contribution in [1.82, 2.24) is 14.7 Å². The molecule has 1 aromatic carbocycles. The molecule has 10 heteroatoms. The van der Waals surface area contributed by atoms with Crippen LogP contribution in [0.3, 0.4) is 0 Å². The third-order valence-electron chi connectivity index (χ3n) is 3.64. The van der Waals surface area contributed by atoms with E-state index in [1.807, 2.05) is 31.2 Å². The van der Waals surface area contributed by atoms with Crippen LogP contribution in [0, 0.1) is 5.92 Å². The van der Waals surface area contributed by atoms with Gasteiger partial charge < -0.3 is 9.47 Å². The molecule has 1 heterocycles. The molecule has 0 atom stereocenters. The molecule has 0 spiro atoms. The fraction of sp³-hybridized carbons (Fsp3) is 0.474. The lowest BCUT2D eigenvalue weighted by Gasteiger charge is -2.16. The summed E-state index contributed by atoms with van der Waals surface area (Å²) in [6.45, 7) is 7.68. The molecule has 0 bridgehead atoms. The second kappa shape index (κ2) is 11.4. The Kier molecular flexibility index (Phi) is 9.28. The summed E-state index contributed by atoms with van der Waals surface area (Å²) in [5.74, 6) is 0.858. The standard InChI is InChI=1S/C19H27BrN4O4S/c1-4-9-23-29(25,26)24-18-17(15-5-7-16(20)8-6-15)19(22-13-21-18)28-11-10-27-12-14(2)3/h5-8,13-14,23H,4,9-12H2,1-3H3,(H,21,22,24). The minimum absolute atomic E-state index is 0.143. The molecule has 1 aromatic heterocycles. The molecule has 2 N–H and O–H groups in total. The van der Waals surface area contributed by atoms with Gasteiger partial charge in [-0.2, -0.15) is 13.1 Å². The maximum Gasteiger partial charge on any atom is 0.300 e. The smallest absolute Gasteiger partial charge is 0.300 e. The number of hydrogen-bond donors (Lipinski definition) is 2. The van der Waals surface area contributed by atoms with E-state index in [0.29, 0.717) is 37.7 Å². The summed E-state index contributed by atoms with van der Waals surface area (Å²) in [6.07, 6.45) is 1.94. The second-order valence-corrected chi connectivity index (χ2v) is 9.14. The zero-order valence-electron chi connectivity index (χ0n) is 16.8. The highest BCUT2D eigenvalue weighted by Gasteiger charge is 2.19. The van der Waals surface area contributed by atoms with Crippen LogP contribution >= 0.6 is 15.9 Å². The molecule has 0 aliphatic rings. The van der Waals surface area contributed by atoms with Crippen molar-refractivity contribution in [2.24, 2.45) is 5.92 Å². The molecule has 0 amide bonds. The van der Waals surface area contributed by atoms with Crippen molar-refractivity contribution >= 4 is 32.0 Å². The van der Waals surface area contributed by atoms with Crippen LogP contribution in [-0.2, 0) is 14.9 Å². The van der Waals surface area contributed by atoms with Crippen LogP contribution in [0.15, 0.2) is 35.1 Å². The molecular formula is C19H27BrN4O4S. The summed E-state index contributed by atoms with van der Waals surface area (Å²) in [7, 11) is -3.77. The van der Waals surface area contributed by atoms with Gasteiger partial charge in [0, 0.05) is 17.6 Å². The van der Waals surface area contributed by atoms with Crippen LogP contribution in [0.1, 0.15) is 27.2 Å². The summed E-state index contributed by atoms with van der Waals surface area (Å²) in [4.78, 5) is 8.34. The third-order valence-corrected chi connectivity index (χ3v) is 5.21. The average Bonchev–Trinajstić information content (AvgIpc) is 2.67. The number of nitrogens with zero attached hydrogens (tertiary/aromatic N) is 2. The van der Waals surface area contributed by atoms with E-state index < -0.39 is 10.2 Å². The van der Waals surface area contributed by atoms with Gasteiger partial charge in [-0.1, -0.05) is 48.8 Å². The first kappa shape index (κ1) is 23.5. The van der Waals surface area contributed by atoms with Crippen LogP contribution in [0.25, 0.3) is 11.1 Å². The second-order valence-electron chi connectivity index (χ2n) is 6.73. The molecule has 2 aromatic rings. The van der Waals surface area contributed by atoms with Gasteiger partial charge in [0.05, 0.1) is 12.2 Å². The molecule has 8 nitrogen and oxygen atoms in total. The normalized spacial score (nSPS) is 11.6. The number of benzene rings is 1. The lowest BCUT2D eigenvalue weighted by atomic mass is 10.1. The van der Waals surface area contributed by atoms with Crippen molar-refractivity contribution in [1.29, 1.82) is 0 Å². The molecule has 0 aliphatic carbocycles. The predicted octanol–water partition coefficient (Wildman–Crippen LogP) is 3.61. The van der Waals surface area contributed by atoms with Crippen molar-refractivity contribution in [3.8, 4) is 17.0 Å². The monoisotopic (exact) mass is 486 g/mol. The van der Waals surface area contributed by atoms with Gasteiger partial charge in [0.2, 0.25) is 5.88 Å². The topological polar surface area (TPSA) is 102 Å². The molecule has 0 radical (unpaired) electrons. The number of anilines is 1. The van der Waals surface area contributed by atoms with E-state index in [4.69, 9.17) is 9.47 Å². The predicted molar refractivity (Wildman–Crippen MR) is 117 cm³/mol. The molecule has 160 valence electrons. The molecule has 0 aliphatic heterocycles. The first-order chi connectivity index (χ1) is 13.8. The molecule has 0 saturated heterocycles. The van der Waals surface area contributed by atoms with Gasteiger partial charge in [-0.3, -0.25) is 4.72 Å². The zero-order valence-corrected chi connectivity index (χ0v) is 19.2. The highest BCUT2D eigenvalue weighted by atomic mass is 79.9. The highest BCUT2D eigenvalue weighted by molar-refractivity contribution is 9.10. The summed E-state index contributed by atoms with van der Waals surface area (Å²) in [5.41, 5.74) is 1.19. The molecule has 0 saturated carbocycles. The molecule has 29 heavy (non-hydrogen) atoms. The average molecular weight is 487 g/mol. The lowest BCUT2D eigenvalue weighted by molar-refractivity contribution is 0.0808. The van der Waals surface area contributed by atoms with Crippen molar-refractivity contribution < 1.29 is 17.9 Å². The lowest BCUT2D eigenvalue weighted by Crippen LogP contribution is -2.31. The highest BCUT2D eigenvalue weighted by Crippen LogP contribution is 2.34. The van der Waals surface area contributed by atoms with E-state index in [0.717, 1.165) is 10.0 Å². The maximum absolute atomic E-state index is 12.3. The van der Waals surface area contributed by atoms with Crippen LogP contribution in [0.5, 0.6) is 5.88 Å². The Labute approximate surface area is 180 Å². The minimum Gasteiger partial charge on any atom is -0.475 e. The van der Waals surface area contributed by atoms with Crippen LogP contribution in [0.4, 0.5) is 5.82 Å².